The topological polar surface area (TPSA) is 140 Å². The van der Waals surface area contributed by atoms with E-state index in [0.29, 0.717) is 22.7 Å². The van der Waals surface area contributed by atoms with Gasteiger partial charge in [-0.25, -0.2) is 4.98 Å². The molecule has 1 amide bonds. The zero-order valence-corrected chi connectivity index (χ0v) is 24.4. The van der Waals surface area contributed by atoms with Crippen molar-refractivity contribution in [1.82, 2.24) is 15.2 Å². The molecule has 2 aliphatic heterocycles. The molecule has 0 saturated carbocycles. The highest BCUT2D eigenvalue weighted by atomic mass is 32.1. The Balaban J connectivity index is 0.00000172. The number of nitrogens with zero attached hydrogens (tertiary/aromatic N) is 6. The average Bonchev–Trinajstić information content (AvgIpc) is 3.31. The average molecular weight is 552 g/mol. The molecule has 39 heavy (non-hydrogen) atoms. The Bertz CT molecular complexity index is 1250. The lowest BCUT2D eigenvalue weighted by Gasteiger charge is -2.35. The van der Waals surface area contributed by atoms with Gasteiger partial charge in [-0.05, 0) is 39.3 Å². The van der Waals surface area contributed by atoms with Gasteiger partial charge in [-0.3, -0.25) is 4.79 Å². The Morgan fingerprint density at radius 1 is 1.15 bits per heavy atom. The van der Waals surface area contributed by atoms with Crippen molar-refractivity contribution >= 4 is 39.6 Å². The Kier molecular flexibility index (Phi) is 9.10. The maximum Gasteiger partial charge on any atom is 0.258 e. The Hall–Kier alpha value is -3.20. The lowest BCUT2D eigenvalue weighted by atomic mass is 9.72. The molecule has 3 aliphatic rings. The quantitative estimate of drug-likeness (QED) is 0.386. The molecular formula is C28H41N9OS. The number of aryl methyl sites for hydroxylation is 1. The van der Waals surface area contributed by atoms with E-state index < -0.39 is 5.41 Å². The first kappa shape index (κ1) is 28.8. The molecule has 0 spiro atoms. The fraction of sp³-hybridized carbons (Fsp3) is 0.571. The molecule has 210 valence electrons. The third-order valence-electron chi connectivity index (χ3n) is 7.82. The number of aromatic nitrogens is 1. The van der Waals surface area contributed by atoms with E-state index in [1.54, 1.807) is 0 Å². The highest BCUT2D eigenvalue weighted by molar-refractivity contribution is 7.16. The summed E-state index contributed by atoms with van der Waals surface area (Å²) in [5.41, 5.74) is 14.4. The number of amides is 1. The number of carbonyl (C=O) groups is 1. The number of carbonyl (C=O) groups excluding carboxylic acids is 1. The first-order valence-electron chi connectivity index (χ1n) is 13.9. The van der Waals surface area contributed by atoms with Crippen LogP contribution in [0, 0.1) is 11.3 Å². The van der Waals surface area contributed by atoms with Gasteiger partial charge < -0.3 is 31.5 Å². The van der Waals surface area contributed by atoms with Crippen LogP contribution in [0.4, 0.5) is 16.5 Å². The summed E-state index contributed by atoms with van der Waals surface area (Å²) in [7, 11) is 2.12. The molecule has 5 rings (SSSR count). The van der Waals surface area contributed by atoms with Crippen LogP contribution in [-0.2, 0) is 16.6 Å². The molecule has 1 atom stereocenters. The molecule has 10 nitrogen and oxygen atoms in total. The molecule has 1 unspecified atom stereocenters. The van der Waals surface area contributed by atoms with Crippen molar-refractivity contribution in [2.75, 3.05) is 74.9 Å². The highest BCUT2D eigenvalue weighted by Gasteiger charge is 2.43. The number of piperazine rings is 2. The summed E-state index contributed by atoms with van der Waals surface area (Å²) in [6, 6.07) is 6.27. The summed E-state index contributed by atoms with van der Waals surface area (Å²) in [6.45, 7) is 13.1. The van der Waals surface area contributed by atoms with Gasteiger partial charge in [0, 0.05) is 74.6 Å². The summed E-state index contributed by atoms with van der Waals surface area (Å²) in [4.78, 5) is 30.8. The van der Waals surface area contributed by atoms with Crippen LogP contribution in [0.25, 0.3) is 0 Å². The zero-order chi connectivity index (χ0) is 28.2. The maximum atomic E-state index is 13.7. The number of fused-ring (bicyclic) bond motifs is 1. The molecule has 0 radical (unpaired) electrons. The van der Waals surface area contributed by atoms with Crippen LogP contribution in [0.2, 0.25) is 0 Å². The van der Waals surface area contributed by atoms with Crippen molar-refractivity contribution in [3.63, 3.8) is 0 Å². The summed E-state index contributed by atoms with van der Waals surface area (Å²) in [6.07, 6.45) is 2.25. The highest BCUT2D eigenvalue weighted by Crippen LogP contribution is 2.46. The normalized spacial score (nSPS) is 22.0. The number of amidine groups is 1. The SMILES string of the molecule is CC.CN1CCN(c2cc(N3CCNCC3)cc(C(N)=NC(=O)C3(C)CCCc4sc(N)c(C#N)c43)n2)CC1. The van der Waals surface area contributed by atoms with Crippen LogP contribution in [0.3, 0.4) is 0 Å². The van der Waals surface area contributed by atoms with E-state index in [4.69, 9.17) is 16.5 Å². The number of hydrogen-bond acceptors (Lipinski definition) is 9. The molecule has 5 N–H and O–H groups in total. The van der Waals surface area contributed by atoms with Crippen molar-refractivity contribution in [2.24, 2.45) is 10.7 Å². The van der Waals surface area contributed by atoms with Gasteiger partial charge in [-0.15, -0.1) is 11.3 Å². The van der Waals surface area contributed by atoms with E-state index in [1.165, 1.54) is 11.3 Å². The third kappa shape index (κ3) is 5.88. The van der Waals surface area contributed by atoms with Gasteiger partial charge in [-0.2, -0.15) is 10.3 Å². The van der Waals surface area contributed by atoms with Crippen molar-refractivity contribution in [1.29, 1.82) is 5.26 Å². The number of hydrogen-bond donors (Lipinski definition) is 3. The van der Waals surface area contributed by atoms with Crippen molar-refractivity contribution < 1.29 is 4.79 Å². The molecule has 2 saturated heterocycles. The monoisotopic (exact) mass is 551 g/mol. The van der Waals surface area contributed by atoms with Gasteiger partial charge in [0.1, 0.15) is 22.6 Å². The molecule has 1 aliphatic carbocycles. The number of nitrogen functional groups attached to an aromatic ring is 1. The van der Waals surface area contributed by atoms with Crippen LogP contribution < -0.4 is 26.6 Å². The van der Waals surface area contributed by atoms with Gasteiger partial charge in [0.15, 0.2) is 5.84 Å². The van der Waals surface area contributed by atoms with Crippen LogP contribution in [0.15, 0.2) is 17.1 Å². The number of nitrogens with one attached hydrogen (secondary N) is 1. The molecule has 0 bridgehead atoms. The van der Waals surface area contributed by atoms with Gasteiger partial charge in [0.25, 0.3) is 5.91 Å². The number of rotatable bonds is 4. The lowest BCUT2D eigenvalue weighted by Crippen LogP contribution is -2.45. The van der Waals surface area contributed by atoms with Gasteiger partial charge in [0.05, 0.1) is 11.0 Å². The summed E-state index contributed by atoms with van der Waals surface area (Å²) in [5, 5.41) is 13.6. The first-order chi connectivity index (χ1) is 18.8. The minimum atomic E-state index is -0.937. The maximum absolute atomic E-state index is 13.7. The van der Waals surface area contributed by atoms with E-state index in [-0.39, 0.29) is 11.7 Å². The van der Waals surface area contributed by atoms with Crippen molar-refractivity contribution in [3.8, 4) is 6.07 Å². The van der Waals surface area contributed by atoms with Crippen LogP contribution in [-0.4, -0.2) is 81.0 Å². The molecule has 11 heteroatoms. The Morgan fingerprint density at radius 2 is 1.85 bits per heavy atom. The second kappa shape index (κ2) is 12.3. The van der Waals surface area contributed by atoms with Crippen molar-refractivity contribution in [2.45, 2.75) is 45.4 Å². The van der Waals surface area contributed by atoms with Crippen LogP contribution in [0.1, 0.15) is 55.3 Å². The van der Waals surface area contributed by atoms with Crippen molar-refractivity contribution in [3.05, 3.63) is 33.8 Å². The number of pyridine rings is 1. The fourth-order valence-electron chi connectivity index (χ4n) is 5.54. The zero-order valence-electron chi connectivity index (χ0n) is 23.6. The largest absolute Gasteiger partial charge is 0.389 e. The van der Waals surface area contributed by atoms with Crippen LogP contribution in [0.5, 0.6) is 0 Å². The number of aliphatic imine (C=N–C) groups is 1. The minimum absolute atomic E-state index is 0.104. The minimum Gasteiger partial charge on any atom is -0.389 e. The number of anilines is 3. The number of nitriles is 1. The number of thiophene rings is 1. The molecular weight excluding hydrogens is 510 g/mol. The molecule has 2 fully saturated rings. The molecule has 0 aromatic carbocycles. The fourth-order valence-corrected chi connectivity index (χ4v) is 6.73. The van der Waals surface area contributed by atoms with E-state index in [1.807, 2.05) is 26.8 Å². The Morgan fingerprint density at radius 3 is 2.51 bits per heavy atom. The van der Waals surface area contributed by atoms with Gasteiger partial charge in [-0.1, -0.05) is 13.8 Å². The van der Waals surface area contributed by atoms with Gasteiger partial charge in [0.2, 0.25) is 0 Å². The standard InChI is InChI=1S/C26H35N9OS.C2H6/c1-26(5-3-4-20-22(26)18(16-27)24(29)37-20)25(36)32-23(28)19-14-17(34-8-6-30-7-9-34)15-21(31-19)35-12-10-33(2)11-13-35;1-2/h14-15,30H,3-13,29H2,1-2H3,(H2,28,32,36);1-2H3. The molecule has 4 heterocycles. The first-order valence-corrected chi connectivity index (χ1v) is 14.7. The summed E-state index contributed by atoms with van der Waals surface area (Å²) in [5.74, 6) is 0.608. The smallest absolute Gasteiger partial charge is 0.258 e. The number of likely N-dealkylation sites (N-methyl/N-ethyl adjacent to an activating group) is 1. The second-order valence-corrected chi connectivity index (χ2v) is 11.5. The summed E-state index contributed by atoms with van der Waals surface area (Å²) >= 11 is 1.40. The van der Waals surface area contributed by atoms with Gasteiger partial charge >= 0.3 is 0 Å². The Labute approximate surface area is 235 Å². The molecule has 2 aromatic heterocycles. The third-order valence-corrected chi connectivity index (χ3v) is 8.89. The van der Waals surface area contributed by atoms with E-state index in [2.05, 4.69) is 44.2 Å². The number of nitrogens with two attached hydrogens (primary N) is 2. The molecule has 2 aromatic rings. The van der Waals surface area contributed by atoms with E-state index in [0.717, 1.165) is 87.1 Å². The second-order valence-electron chi connectivity index (χ2n) is 10.3. The predicted molar refractivity (Wildman–Crippen MR) is 160 cm³/mol. The predicted octanol–water partition coefficient (Wildman–Crippen LogP) is 2.31. The van der Waals surface area contributed by atoms with Crippen LogP contribution >= 0.6 is 11.3 Å². The van der Waals surface area contributed by atoms with E-state index >= 15 is 0 Å². The van der Waals surface area contributed by atoms with E-state index in [9.17, 15) is 10.1 Å². The lowest BCUT2D eigenvalue weighted by molar-refractivity contribution is -0.123. The summed E-state index contributed by atoms with van der Waals surface area (Å²) < 4.78 is 0.